The number of hydrogen-bond donors (Lipinski definition) is 2. The van der Waals surface area contributed by atoms with Crippen LogP contribution in [-0.2, 0) is 0 Å². The molecular formula is C13H12F2N2O4. The van der Waals surface area contributed by atoms with Gasteiger partial charge in [0.25, 0.3) is 5.56 Å². The number of nitrogens with zero attached hydrogens (tertiary/aromatic N) is 1. The summed E-state index contributed by atoms with van der Waals surface area (Å²) in [4.78, 5) is 17.8. The second-order valence-electron chi connectivity index (χ2n) is 4.11. The third-order valence-electron chi connectivity index (χ3n) is 2.78. The van der Waals surface area contributed by atoms with Gasteiger partial charge >= 0.3 is 6.61 Å². The van der Waals surface area contributed by atoms with Crippen LogP contribution in [0.3, 0.4) is 0 Å². The van der Waals surface area contributed by atoms with Gasteiger partial charge in [0.1, 0.15) is 5.82 Å². The summed E-state index contributed by atoms with van der Waals surface area (Å²) in [6, 6.07) is 4.12. The third-order valence-corrected chi connectivity index (χ3v) is 2.78. The van der Waals surface area contributed by atoms with Crippen LogP contribution in [0.15, 0.2) is 23.0 Å². The monoisotopic (exact) mass is 298 g/mol. The number of aromatic amines is 1. The van der Waals surface area contributed by atoms with Crippen LogP contribution >= 0.6 is 0 Å². The van der Waals surface area contributed by atoms with Gasteiger partial charge < -0.3 is 19.6 Å². The summed E-state index contributed by atoms with van der Waals surface area (Å²) in [6.45, 7) is -1.61. The van der Waals surface area contributed by atoms with Crippen molar-refractivity contribution in [3.8, 4) is 28.8 Å². The van der Waals surface area contributed by atoms with E-state index in [2.05, 4.69) is 14.7 Å². The maximum Gasteiger partial charge on any atom is 0.387 e. The van der Waals surface area contributed by atoms with Crippen LogP contribution in [0.5, 0.6) is 17.4 Å². The molecule has 1 heterocycles. The number of aromatic nitrogens is 2. The van der Waals surface area contributed by atoms with E-state index in [1.54, 1.807) is 0 Å². The Balaban J connectivity index is 2.52. The lowest BCUT2D eigenvalue weighted by Gasteiger charge is -2.11. The average Bonchev–Trinajstić information content (AvgIpc) is 2.43. The number of aromatic hydroxyl groups is 1. The van der Waals surface area contributed by atoms with Crippen molar-refractivity contribution in [2.75, 3.05) is 7.11 Å². The van der Waals surface area contributed by atoms with Gasteiger partial charge in [0.05, 0.1) is 12.7 Å². The fourth-order valence-corrected chi connectivity index (χ4v) is 1.67. The van der Waals surface area contributed by atoms with Gasteiger partial charge in [-0.3, -0.25) is 4.79 Å². The lowest BCUT2D eigenvalue weighted by Crippen LogP contribution is -2.12. The number of benzene rings is 1. The van der Waals surface area contributed by atoms with E-state index in [1.807, 2.05) is 0 Å². The Morgan fingerprint density at radius 3 is 2.62 bits per heavy atom. The van der Waals surface area contributed by atoms with Crippen LogP contribution in [-0.4, -0.2) is 28.8 Å². The van der Waals surface area contributed by atoms with Crippen LogP contribution in [0.25, 0.3) is 11.4 Å². The Hall–Kier alpha value is -2.64. The Kier molecular flexibility index (Phi) is 4.06. The smallest absolute Gasteiger partial charge is 0.387 e. The Morgan fingerprint density at radius 2 is 2.05 bits per heavy atom. The van der Waals surface area contributed by atoms with Crippen LogP contribution in [0.4, 0.5) is 8.78 Å². The minimum atomic E-state index is -3.02. The van der Waals surface area contributed by atoms with E-state index in [4.69, 9.17) is 4.74 Å². The van der Waals surface area contributed by atoms with E-state index < -0.39 is 18.1 Å². The predicted molar refractivity (Wildman–Crippen MR) is 69.9 cm³/mol. The summed E-state index contributed by atoms with van der Waals surface area (Å²) in [5.41, 5.74) is -0.167. The SMILES string of the molecule is COc1ccc(-c2nc(O)c(C)c(=O)[nH]2)cc1OC(F)F. The number of H-pyrrole nitrogens is 1. The van der Waals surface area contributed by atoms with Gasteiger partial charge in [-0.25, -0.2) is 0 Å². The second-order valence-corrected chi connectivity index (χ2v) is 4.11. The van der Waals surface area contributed by atoms with Gasteiger partial charge in [0.2, 0.25) is 5.88 Å². The minimum absolute atomic E-state index is 0.0323. The highest BCUT2D eigenvalue weighted by molar-refractivity contribution is 5.61. The molecule has 0 saturated carbocycles. The summed E-state index contributed by atoms with van der Waals surface area (Å²) < 4.78 is 34.0. The molecule has 2 rings (SSSR count). The summed E-state index contributed by atoms with van der Waals surface area (Å²) >= 11 is 0. The zero-order chi connectivity index (χ0) is 15.6. The van der Waals surface area contributed by atoms with Crippen molar-refractivity contribution in [1.29, 1.82) is 0 Å². The molecule has 0 radical (unpaired) electrons. The molecule has 0 saturated heterocycles. The van der Waals surface area contributed by atoms with Gasteiger partial charge in [0, 0.05) is 5.56 Å². The number of hydrogen-bond acceptors (Lipinski definition) is 5. The molecule has 1 aromatic carbocycles. The average molecular weight is 298 g/mol. The normalized spacial score (nSPS) is 10.7. The molecule has 0 aliphatic rings. The van der Waals surface area contributed by atoms with Crippen LogP contribution in [0.1, 0.15) is 5.56 Å². The van der Waals surface area contributed by atoms with Crippen molar-refractivity contribution in [1.82, 2.24) is 9.97 Å². The van der Waals surface area contributed by atoms with Crippen molar-refractivity contribution in [2.24, 2.45) is 0 Å². The molecule has 0 aliphatic heterocycles. The maximum absolute atomic E-state index is 12.4. The lowest BCUT2D eigenvalue weighted by molar-refractivity contribution is -0.0511. The molecule has 0 fully saturated rings. The first-order valence-corrected chi connectivity index (χ1v) is 5.85. The van der Waals surface area contributed by atoms with Gasteiger partial charge in [-0.05, 0) is 25.1 Å². The highest BCUT2D eigenvalue weighted by atomic mass is 19.3. The molecule has 112 valence electrons. The predicted octanol–water partition coefficient (Wildman–Crippen LogP) is 2.06. The molecule has 1 aromatic heterocycles. The van der Waals surface area contributed by atoms with Crippen molar-refractivity contribution in [3.05, 3.63) is 34.1 Å². The Labute approximate surface area is 118 Å². The Bertz CT molecular complexity index is 716. The summed E-state index contributed by atoms with van der Waals surface area (Å²) in [7, 11) is 1.31. The highest BCUT2D eigenvalue weighted by Gasteiger charge is 2.14. The molecular weight excluding hydrogens is 286 g/mol. The molecule has 2 N–H and O–H groups in total. The quantitative estimate of drug-likeness (QED) is 0.902. The van der Waals surface area contributed by atoms with Gasteiger partial charge in [0.15, 0.2) is 11.5 Å². The van der Waals surface area contributed by atoms with E-state index >= 15 is 0 Å². The van der Waals surface area contributed by atoms with E-state index in [1.165, 1.54) is 32.2 Å². The van der Waals surface area contributed by atoms with E-state index in [-0.39, 0.29) is 22.9 Å². The molecule has 0 atom stereocenters. The van der Waals surface area contributed by atoms with E-state index in [9.17, 15) is 18.7 Å². The van der Waals surface area contributed by atoms with Gasteiger partial charge in [-0.2, -0.15) is 13.8 Å². The molecule has 2 aromatic rings. The van der Waals surface area contributed by atoms with E-state index in [0.29, 0.717) is 5.56 Å². The first-order chi connectivity index (χ1) is 9.92. The third kappa shape index (κ3) is 3.10. The maximum atomic E-state index is 12.4. The van der Waals surface area contributed by atoms with Crippen molar-refractivity contribution in [2.45, 2.75) is 13.5 Å². The summed E-state index contributed by atoms with van der Waals surface area (Å²) in [5, 5.41) is 9.55. The standard InChI is InChI=1S/C13H12F2N2O4/c1-6-11(18)16-10(17-12(6)19)7-3-4-8(20-2)9(5-7)21-13(14)15/h3-5,13H,1-2H3,(H2,16,17,18,19). The Morgan fingerprint density at radius 1 is 1.33 bits per heavy atom. The highest BCUT2D eigenvalue weighted by Crippen LogP contribution is 2.32. The first-order valence-electron chi connectivity index (χ1n) is 5.85. The van der Waals surface area contributed by atoms with Gasteiger partial charge in [-0.15, -0.1) is 0 Å². The van der Waals surface area contributed by atoms with Crippen LogP contribution in [0, 0.1) is 6.92 Å². The first kappa shape index (κ1) is 14.8. The molecule has 0 aliphatic carbocycles. The zero-order valence-electron chi connectivity index (χ0n) is 11.2. The number of halogens is 2. The number of rotatable bonds is 4. The van der Waals surface area contributed by atoms with Crippen molar-refractivity contribution >= 4 is 0 Å². The van der Waals surface area contributed by atoms with Crippen LogP contribution < -0.4 is 15.0 Å². The summed E-state index contributed by atoms with van der Waals surface area (Å²) in [6.07, 6.45) is 0. The minimum Gasteiger partial charge on any atom is -0.493 e. The lowest BCUT2D eigenvalue weighted by atomic mass is 10.2. The molecule has 6 nitrogen and oxygen atoms in total. The summed E-state index contributed by atoms with van der Waals surface area (Å²) in [5.74, 6) is -0.490. The number of alkyl halides is 2. The number of ether oxygens (including phenoxy) is 2. The number of methoxy groups -OCH3 is 1. The van der Waals surface area contributed by atoms with Crippen LogP contribution in [0.2, 0.25) is 0 Å². The van der Waals surface area contributed by atoms with E-state index in [0.717, 1.165) is 0 Å². The molecule has 0 bridgehead atoms. The molecule has 0 spiro atoms. The fraction of sp³-hybridized carbons (Fsp3) is 0.231. The fourth-order valence-electron chi connectivity index (χ4n) is 1.67. The topological polar surface area (TPSA) is 84.4 Å². The molecule has 0 amide bonds. The molecule has 8 heteroatoms. The number of nitrogens with one attached hydrogen (secondary N) is 1. The molecule has 21 heavy (non-hydrogen) atoms. The largest absolute Gasteiger partial charge is 0.493 e. The second kappa shape index (κ2) is 5.78. The van der Waals surface area contributed by atoms with Crippen molar-refractivity contribution < 1.29 is 23.4 Å². The van der Waals surface area contributed by atoms with Crippen molar-refractivity contribution in [3.63, 3.8) is 0 Å². The van der Waals surface area contributed by atoms with Gasteiger partial charge in [-0.1, -0.05) is 0 Å². The molecule has 0 unspecified atom stereocenters. The zero-order valence-corrected chi connectivity index (χ0v) is 11.2.